The molecule has 0 fully saturated rings. The van der Waals surface area contributed by atoms with Gasteiger partial charge in [-0.1, -0.05) is 0 Å². The zero-order valence-corrected chi connectivity index (χ0v) is 13.9. The number of aromatic hydroxyl groups is 1. The summed E-state index contributed by atoms with van der Waals surface area (Å²) in [6.07, 6.45) is -1.36. The Bertz CT molecular complexity index is 585. The molecule has 0 aliphatic carbocycles. The molecule has 1 atom stereocenters. The van der Waals surface area contributed by atoms with E-state index in [1.807, 2.05) is 0 Å². The van der Waals surface area contributed by atoms with Crippen LogP contribution in [0.15, 0.2) is 16.6 Å². The molecule has 0 spiro atoms. The number of phenols is 1. The molecule has 0 aromatic heterocycles. The van der Waals surface area contributed by atoms with Crippen molar-refractivity contribution in [2.24, 2.45) is 0 Å². The molecule has 0 saturated carbocycles. The molecule has 0 bridgehead atoms. The lowest BCUT2D eigenvalue weighted by Crippen LogP contribution is -2.44. The molecular formula is C14H17BrFNO5. The van der Waals surface area contributed by atoms with Crippen LogP contribution in [0.4, 0.5) is 9.18 Å². The van der Waals surface area contributed by atoms with E-state index < -0.39 is 41.7 Å². The predicted molar refractivity (Wildman–Crippen MR) is 80.3 cm³/mol. The minimum atomic E-state index is -1.44. The van der Waals surface area contributed by atoms with Gasteiger partial charge >= 0.3 is 12.1 Å². The van der Waals surface area contributed by atoms with Crippen molar-refractivity contribution in [2.45, 2.75) is 38.8 Å². The van der Waals surface area contributed by atoms with Gasteiger partial charge in [-0.15, -0.1) is 0 Å². The fourth-order valence-electron chi connectivity index (χ4n) is 1.63. The number of rotatable bonds is 4. The van der Waals surface area contributed by atoms with E-state index in [1.165, 1.54) is 6.07 Å². The van der Waals surface area contributed by atoms with Crippen LogP contribution in [0.1, 0.15) is 26.3 Å². The van der Waals surface area contributed by atoms with Crippen molar-refractivity contribution in [2.75, 3.05) is 0 Å². The standard InChI is InChI=1S/C14H17BrFNO5/c1-14(2,3)22-13(21)17-10(12(19)20)6-7-9(16)5-4-8(15)11(7)18/h4-5,10,18H,6H2,1-3H3,(H,17,21)(H,19,20). The molecule has 0 aliphatic rings. The fourth-order valence-corrected chi connectivity index (χ4v) is 2.00. The maximum Gasteiger partial charge on any atom is 0.408 e. The minimum absolute atomic E-state index is 0.210. The Morgan fingerprint density at radius 3 is 2.50 bits per heavy atom. The number of amides is 1. The Labute approximate surface area is 135 Å². The van der Waals surface area contributed by atoms with Crippen LogP contribution in [-0.4, -0.2) is 33.9 Å². The molecule has 0 aliphatic heterocycles. The van der Waals surface area contributed by atoms with Gasteiger partial charge in [-0.05, 0) is 48.8 Å². The molecule has 8 heteroatoms. The smallest absolute Gasteiger partial charge is 0.408 e. The highest BCUT2D eigenvalue weighted by Gasteiger charge is 2.26. The average Bonchev–Trinajstić information content (AvgIpc) is 2.35. The number of carbonyl (C=O) groups is 2. The highest BCUT2D eigenvalue weighted by molar-refractivity contribution is 9.10. The monoisotopic (exact) mass is 377 g/mol. The van der Waals surface area contributed by atoms with Crippen molar-refractivity contribution < 1.29 is 28.9 Å². The third kappa shape index (κ3) is 5.18. The minimum Gasteiger partial charge on any atom is -0.506 e. The van der Waals surface area contributed by atoms with Crippen LogP contribution in [0, 0.1) is 5.82 Å². The fraction of sp³-hybridized carbons (Fsp3) is 0.429. The first kappa shape index (κ1) is 18.2. The van der Waals surface area contributed by atoms with Gasteiger partial charge in [-0.2, -0.15) is 0 Å². The van der Waals surface area contributed by atoms with Gasteiger partial charge in [0.25, 0.3) is 0 Å². The van der Waals surface area contributed by atoms with E-state index in [4.69, 9.17) is 9.84 Å². The third-order valence-electron chi connectivity index (χ3n) is 2.57. The van der Waals surface area contributed by atoms with Gasteiger partial charge in [0.15, 0.2) is 0 Å². The summed E-state index contributed by atoms with van der Waals surface area (Å²) in [4.78, 5) is 22.9. The first-order valence-corrected chi connectivity index (χ1v) is 7.18. The normalized spacial score (nSPS) is 12.6. The Hall–Kier alpha value is -1.83. The molecule has 1 unspecified atom stereocenters. The van der Waals surface area contributed by atoms with Crippen molar-refractivity contribution in [3.8, 4) is 5.75 Å². The summed E-state index contributed by atoms with van der Waals surface area (Å²) in [5.41, 5.74) is -1.01. The molecule has 0 saturated heterocycles. The summed E-state index contributed by atoms with van der Waals surface area (Å²) >= 11 is 3.02. The van der Waals surface area contributed by atoms with Gasteiger partial charge in [0.05, 0.1) is 4.47 Å². The summed E-state index contributed by atoms with van der Waals surface area (Å²) in [7, 11) is 0. The first-order chi connectivity index (χ1) is 10.0. The van der Waals surface area contributed by atoms with Crippen LogP contribution in [0.25, 0.3) is 0 Å². The topological polar surface area (TPSA) is 95.9 Å². The van der Waals surface area contributed by atoms with Gasteiger partial charge in [0.1, 0.15) is 23.2 Å². The van der Waals surface area contributed by atoms with Gasteiger partial charge < -0.3 is 20.3 Å². The first-order valence-electron chi connectivity index (χ1n) is 6.39. The molecule has 1 amide bonds. The maximum absolute atomic E-state index is 13.7. The number of phenolic OH excluding ortho intramolecular Hbond substituents is 1. The van der Waals surface area contributed by atoms with Crippen LogP contribution < -0.4 is 5.32 Å². The Morgan fingerprint density at radius 2 is 2.00 bits per heavy atom. The number of carbonyl (C=O) groups excluding carboxylic acids is 1. The van der Waals surface area contributed by atoms with E-state index >= 15 is 0 Å². The molecule has 0 heterocycles. The number of hydrogen-bond donors (Lipinski definition) is 3. The number of ether oxygens (including phenoxy) is 1. The van der Waals surface area contributed by atoms with Crippen LogP contribution in [-0.2, 0) is 16.0 Å². The zero-order chi connectivity index (χ0) is 17.1. The van der Waals surface area contributed by atoms with Gasteiger partial charge in [0.2, 0.25) is 0 Å². The molecule has 6 nitrogen and oxygen atoms in total. The largest absolute Gasteiger partial charge is 0.506 e. The van der Waals surface area contributed by atoms with Crippen LogP contribution in [0.5, 0.6) is 5.75 Å². The highest BCUT2D eigenvalue weighted by Crippen LogP contribution is 2.30. The number of carboxylic acids is 1. The maximum atomic E-state index is 13.7. The quantitative estimate of drug-likeness (QED) is 0.749. The molecule has 22 heavy (non-hydrogen) atoms. The second-order valence-corrected chi connectivity index (χ2v) is 6.45. The van der Waals surface area contributed by atoms with Gasteiger partial charge in [0, 0.05) is 12.0 Å². The van der Waals surface area contributed by atoms with E-state index in [-0.39, 0.29) is 10.0 Å². The highest BCUT2D eigenvalue weighted by atomic mass is 79.9. The summed E-state index contributed by atoms with van der Waals surface area (Å²) in [6, 6.07) is 0.945. The number of nitrogens with one attached hydrogen (secondary N) is 1. The summed E-state index contributed by atoms with van der Waals surface area (Å²) in [5, 5.41) is 21.1. The second kappa shape index (κ2) is 6.95. The van der Waals surface area contributed by atoms with E-state index in [1.54, 1.807) is 20.8 Å². The second-order valence-electron chi connectivity index (χ2n) is 5.60. The number of alkyl carbamates (subject to hydrolysis) is 1. The summed E-state index contributed by atoms with van der Waals surface area (Å²) < 4.78 is 18.9. The van der Waals surface area contributed by atoms with E-state index in [0.29, 0.717) is 0 Å². The van der Waals surface area contributed by atoms with Crippen molar-refractivity contribution in [1.29, 1.82) is 0 Å². The SMILES string of the molecule is CC(C)(C)OC(=O)NC(Cc1c(F)ccc(Br)c1O)C(=O)O. The molecule has 1 aromatic rings. The summed E-state index contributed by atoms with van der Waals surface area (Å²) in [5.74, 6) is -2.54. The molecule has 0 radical (unpaired) electrons. The van der Waals surface area contributed by atoms with Crippen LogP contribution in [0.3, 0.4) is 0 Å². The summed E-state index contributed by atoms with van der Waals surface area (Å²) in [6.45, 7) is 4.88. The number of hydrogen-bond acceptors (Lipinski definition) is 4. The van der Waals surface area contributed by atoms with Crippen molar-refractivity contribution in [3.05, 3.63) is 28.0 Å². The molecular weight excluding hydrogens is 361 g/mol. The Kier molecular flexibility index (Phi) is 5.76. The van der Waals surface area contributed by atoms with Gasteiger partial charge in [-0.25, -0.2) is 14.0 Å². The molecule has 1 aromatic carbocycles. The predicted octanol–water partition coefficient (Wildman–Crippen LogP) is 2.81. The van der Waals surface area contributed by atoms with E-state index in [2.05, 4.69) is 21.2 Å². The Balaban J connectivity index is 2.93. The molecule has 1 rings (SSSR count). The van der Waals surface area contributed by atoms with Crippen molar-refractivity contribution >= 4 is 28.0 Å². The van der Waals surface area contributed by atoms with E-state index in [9.17, 15) is 19.1 Å². The number of aliphatic carboxylic acids is 1. The molecule has 3 N–H and O–H groups in total. The molecule has 122 valence electrons. The number of carboxylic acid groups (broad SMARTS) is 1. The number of benzene rings is 1. The Morgan fingerprint density at radius 1 is 1.41 bits per heavy atom. The zero-order valence-electron chi connectivity index (χ0n) is 12.3. The van der Waals surface area contributed by atoms with Crippen molar-refractivity contribution in [3.63, 3.8) is 0 Å². The van der Waals surface area contributed by atoms with E-state index in [0.717, 1.165) is 6.07 Å². The van der Waals surface area contributed by atoms with Crippen LogP contribution >= 0.6 is 15.9 Å². The lowest BCUT2D eigenvalue weighted by molar-refractivity contribution is -0.139. The van der Waals surface area contributed by atoms with Gasteiger partial charge in [-0.3, -0.25) is 0 Å². The van der Waals surface area contributed by atoms with Crippen LogP contribution in [0.2, 0.25) is 0 Å². The average molecular weight is 378 g/mol. The van der Waals surface area contributed by atoms with Crippen molar-refractivity contribution in [1.82, 2.24) is 5.32 Å². The third-order valence-corrected chi connectivity index (χ3v) is 3.21. The lowest BCUT2D eigenvalue weighted by atomic mass is 10.0. The number of halogens is 2. The lowest BCUT2D eigenvalue weighted by Gasteiger charge is -2.22.